The van der Waals surface area contributed by atoms with Crippen molar-refractivity contribution in [3.8, 4) is 0 Å². The van der Waals surface area contributed by atoms with Crippen molar-refractivity contribution in [2.24, 2.45) is 0 Å². The topological polar surface area (TPSA) is 75.7 Å². The molecule has 0 unspecified atom stereocenters. The van der Waals surface area contributed by atoms with Crippen LogP contribution in [0.3, 0.4) is 0 Å². The van der Waals surface area contributed by atoms with E-state index in [0.29, 0.717) is 10.7 Å². The van der Waals surface area contributed by atoms with Crippen LogP contribution in [-0.2, 0) is 14.8 Å². The first-order valence-electron chi connectivity index (χ1n) is 5.99. The molecule has 0 radical (unpaired) electrons. The van der Waals surface area contributed by atoms with Crippen LogP contribution in [0.4, 0.5) is 10.5 Å². The number of benzene rings is 1. The third-order valence-electron chi connectivity index (χ3n) is 2.38. The summed E-state index contributed by atoms with van der Waals surface area (Å²) in [7, 11) is -3.49. The highest BCUT2D eigenvalue weighted by molar-refractivity contribution is 7.92. The number of carbonyl (C=O) groups is 1. The van der Waals surface area contributed by atoms with Crippen LogP contribution in [-0.4, -0.2) is 40.5 Å². The minimum Gasteiger partial charge on any atom is -0.450 e. The van der Waals surface area contributed by atoms with Gasteiger partial charge in [-0.25, -0.2) is 13.2 Å². The molecule has 0 saturated carbocycles. The number of nitrogens with one attached hydrogen (secondary N) is 1. The van der Waals surface area contributed by atoms with E-state index in [2.05, 4.69) is 5.32 Å². The quantitative estimate of drug-likeness (QED) is 0.868. The zero-order chi connectivity index (χ0) is 15.2. The summed E-state index contributed by atoms with van der Waals surface area (Å²) in [5, 5.41) is 2.79. The number of rotatable bonds is 6. The van der Waals surface area contributed by atoms with Crippen LogP contribution in [0.1, 0.15) is 6.92 Å². The molecule has 0 spiro atoms. The van der Waals surface area contributed by atoms with Gasteiger partial charge >= 0.3 is 6.09 Å². The molecule has 0 aliphatic rings. The Bertz CT molecular complexity index is 562. The van der Waals surface area contributed by atoms with E-state index in [1.54, 1.807) is 31.2 Å². The molecule has 112 valence electrons. The van der Waals surface area contributed by atoms with Crippen LogP contribution >= 0.6 is 11.6 Å². The summed E-state index contributed by atoms with van der Waals surface area (Å²) in [5.41, 5.74) is 0.377. The van der Waals surface area contributed by atoms with Gasteiger partial charge in [0.1, 0.15) is 0 Å². The van der Waals surface area contributed by atoms with Crippen molar-refractivity contribution in [1.82, 2.24) is 5.32 Å². The second-order valence-electron chi connectivity index (χ2n) is 3.93. The molecule has 0 saturated heterocycles. The smallest absolute Gasteiger partial charge is 0.407 e. The third kappa shape index (κ3) is 4.90. The van der Waals surface area contributed by atoms with Crippen LogP contribution in [0.25, 0.3) is 0 Å². The summed E-state index contributed by atoms with van der Waals surface area (Å²) in [6.45, 7) is 2.14. The number of hydrogen-bond acceptors (Lipinski definition) is 4. The highest BCUT2D eigenvalue weighted by atomic mass is 35.5. The number of para-hydroxylation sites is 1. The van der Waals surface area contributed by atoms with Crippen molar-refractivity contribution in [3.63, 3.8) is 0 Å². The molecule has 0 aliphatic carbocycles. The Hall–Kier alpha value is -1.47. The minimum absolute atomic E-state index is 0.0708. The van der Waals surface area contributed by atoms with Crippen LogP contribution < -0.4 is 9.62 Å². The Balaban J connectivity index is 2.78. The fraction of sp³-hybridized carbons (Fsp3) is 0.417. The number of hydrogen-bond donors (Lipinski definition) is 1. The summed E-state index contributed by atoms with van der Waals surface area (Å²) in [5.74, 6) is 0. The second-order valence-corrected chi connectivity index (χ2v) is 6.25. The van der Waals surface area contributed by atoms with E-state index in [4.69, 9.17) is 16.3 Å². The molecule has 0 aliphatic heterocycles. The Morgan fingerprint density at radius 2 is 2.05 bits per heavy atom. The lowest BCUT2D eigenvalue weighted by Gasteiger charge is -2.23. The van der Waals surface area contributed by atoms with E-state index in [9.17, 15) is 13.2 Å². The standard InChI is InChI=1S/C12H17ClN2O4S/c1-3-19-12(16)14-8-9-15(20(2,17)18)11-7-5-4-6-10(11)13/h4-7H,3,8-9H2,1-2H3,(H,14,16). The molecule has 1 aromatic rings. The molecule has 0 aromatic heterocycles. The fourth-order valence-electron chi connectivity index (χ4n) is 1.56. The lowest BCUT2D eigenvalue weighted by Crippen LogP contribution is -2.38. The van der Waals surface area contributed by atoms with Crippen LogP contribution in [0.5, 0.6) is 0 Å². The Labute approximate surface area is 123 Å². The van der Waals surface area contributed by atoms with Gasteiger partial charge in [0.25, 0.3) is 0 Å². The number of halogens is 1. The van der Waals surface area contributed by atoms with Crippen LogP contribution in [0.2, 0.25) is 5.02 Å². The first-order valence-corrected chi connectivity index (χ1v) is 8.21. The first kappa shape index (κ1) is 16.6. The van der Waals surface area contributed by atoms with Gasteiger partial charge in [-0.1, -0.05) is 23.7 Å². The number of alkyl carbamates (subject to hydrolysis) is 1. The molecule has 0 bridgehead atoms. The third-order valence-corrected chi connectivity index (χ3v) is 3.88. The molecular weight excluding hydrogens is 304 g/mol. The second kappa shape index (κ2) is 7.35. The van der Waals surface area contributed by atoms with Gasteiger partial charge in [-0.3, -0.25) is 4.31 Å². The van der Waals surface area contributed by atoms with Gasteiger partial charge in [0, 0.05) is 6.54 Å². The zero-order valence-corrected chi connectivity index (χ0v) is 12.9. The van der Waals surface area contributed by atoms with Gasteiger partial charge in [-0.05, 0) is 19.1 Å². The van der Waals surface area contributed by atoms with Crippen molar-refractivity contribution in [2.45, 2.75) is 6.92 Å². The summed E-state index contributed by atoms with van der Waals surface area (Å²) in [6.07, 6.45) is 0.501. The van der Waals surface area contributed by atoms with Gasteiger partial charge in [-0.2, -0.15) is 0 Å². The molecule has 6 nitrogen and oxygen atoms in total. The molecule has 1 rings (SSSR count). The van der Waals surface area contributed by atoms with E-state index in [0.717, 1.165) is 10.6 Å². The van der Waals surface area contributed by atoms with E-state index in [1.807, 2.05) is 0 Å². The Kier molecular flexibility index (Phi) is 6.09. The maximum Gasteiger partial charge on any atom is 0.407 e. The predicted molar refractivity (Wildman–Crippen MR) is 78.7 cm³/mol. The summed E-state index contributed by atoms with van der Waals surface area (Å²) < 4.78 is 29.5. The Morgan fingerprint density at radius 3 is 2.60 bits per heavy atom. The number of amides is 1. The zero-order valence-electron chi connectivity index (χ0n) is 11.3. The molecule has 0 atom stereocenters. The molecule has 20 heavy (non-hydrogen) atoms. The van der Waals surface area contributed by atoms with Crippen LogP contribution in [0.15, 0.2) is 24.3 Å². The fourth-order valence-corrected chi connectivity index (χ4v) is 2.79. The van der Waals surface area contributed by atoms with Crippen molar-refractivity contribution >= 4 is 33.4 Å². The molecule has 0 fully saturated rings. The molecular formula is C12H17ClN2O4S. The average molecular weight is 321 g/mol. The highest BCUT2D eigenvalue weighted by Gasteiger charge is 2.19. The average Bonchev–Trinajstić information content (AvgIpc) is 2.35. The van der Waals surface area contributed by atoms with E-state index in [1.165, 1.54) is 0 Å². The van der Waals surface area contributed by atoms with Gasteiger partial charge in [-0.15, -0.1) is 0 Å². The number of ether oxygens (including phenoxy) is 1. The van der Waals surface area contributed by atoms with Gasteiger partial charge in [0.15, 0.2) is 0 Å². The molecule has 8 heteroatoms. The number of anilines is 1. The molecule has 1 amide bonds. The van der Waals surface area contributed by atoms with E-state index < -0.39 is 16.1 Å². The predicted octanol–water partition coefficient (Wildman–Crippen LogP) is 1.85. The minimum atomic E-state index is -3.49. The van der Waals surface area contributed by atoms with Crippen molar-refractivity contribution < 1.29 is 17.9 Å². The monoisotopic (exact) mass is 320 g/mol. The van der Waals surface area contributed by atoms with Gasteiger partial charge in [0.2, 0.25) is 10.0 Å². The number of sulfonamides is 1. The highest BCUT2D eigenvalue weighted by Crippen LogP contribution is 2.26. The maximum atomic E-state index is 11.8. The van der Waals surface area contributed by atoms with Crippen molar-refractivity contribution in [3.05, 3.63) is 29.3 Å². The summed E-state index contributed by atoms with van der Waals surface area (Å²) in [6, 6.07) is 6.61. The SMILES string of the molecule is CCOC(=O)NCCN(c1ccccc1Cl)S(C)(=O)=O. The van der Waals surface area contributed by atoms with E-state index >= 15 is 0 Å². The lowest BCUT2D eigenvalue weighted by atomic mass is 10.3. The van der Waals surface area contributed by atoms with Crippen molar-refractivity contribution in [2.75, 3.05) is 30.3 Å². The van der Waals surface area contributed by atoms with Crippen molar-refractivity contribution in [1.29, 1.82) is 0 Å². The summed E-state index contributed by atoms with van der Waals surface area (Å²) in [4.78, 5) is 11.2. The normalized spacial score (nSPS) is 10.9. The van der Waals surface area contributed by atoms with Gasteiger partial charge in [0.05, 0.1) is 30.1 Å². The number of carbonyl (C=O) groups excluding carboxylic acids is 1. The molecule has 1 aromatic carbocycles. The molecule has 0 heterocycles. The molecule has 1 N–H and O–H groups in total. The number of nitrogens with zero attached hydrogens (tertiary/aromatic N) is 1. The van der Waals surface area contributed by atoms with Crippen LogP contribution in [0, 0.1) is 0 Å². The van der Waals surface area contributed by atoms with Gasteiger partial charge < -0.3 is 10.1 Å². The lowest BCUT2D eigenvalue weighted by molar-refractivity contribution is 0.152. The first-order chi connectivity index (χ1) is 9.36. The maximum absolute atomic E-state index is 11.8. The Morgan fingerprint density at radius 1 is 1.40 bits per heavy atom. The summed E-state index contributed by atoms with van der Waals surface area (Å²) >= 11 is 6.00. The van der Waals surface area contributed by atoms with E-state index in [-0.39, 0.29) is 19.7 Å². The largest absolute Gasteiger partial charge is 0.450 e.